The highest BCUT2D eigenvalue weighted by Crippen LogP contribution is 2.19. The first-order valence-corrected chi connectivity index (χ1v) is 5.36. The number of carboxylic acids is 2. The van der Waals surface area contributed by atoms with Crippen LogP contribution in [0, 0.1) is 0 Å². The maximum Gasteiger partial charge on any atom is 0.339 e. The van der Waals surface area contributed by atoms with Gasteiger partial charge in [0, 0.05) is 13.3 Å². The summed E-state index contributed by atoms with van der Waals surface area (Å²) in [5.41, 5.74) is 0.0702. The minimum Gasteiger partial charge on any atom is -0.507 e. The highest BCUT2D eigenvalue weighted by atomic mass is 16.4. The molecule has 0 saturated carbocycles. The van der Waals surface area contributed by atoms with Gasteiger partial charge in [0.05, 0.1) is 0 Å². The van der Waals surface area contributed by atoms with Crippen molar-refractivity contribution >= 4 is 17.8 Å². The molecule has 0 unspecified atom stereocenters. The summed E-state index contributed by atoms with van der Waals surface area (Å²) >= 11 is 0. The fourth-order valence-corrected chi connectivity index (χ4v) is 1.56. The maximum atomic E-state index is 10.9. The first-order valence-electron chi connectivity index (χ1n) is 5.36. The molecule has 7 heteroatoms. The Morgan fingerprint density at radius 1 is 1.26 bits per heavy atom. The predicted molar refractivity (Wildman–Crippen MR) is 64.0 cm³/mol. The molecule has 7 nitrogen and oxygen atoms in total. The Morgan fingerprint density at radius 2 is 1.89 bits per heavy atom. The highest BCUT2D eigenvalue weighted by molar-refractivity contribution is 5.91. The van der Waals surface area contributed by atoms with Gasteiger partial charge in [0.2, 0.25) is 5.91 Å². The second-order valence-corrected chi connectivity index (χ2v) is 3.95. The van der Waals surface area contributed by atoms with E-state index in [1.807, 2.05) is 0 Å². The van der Waals surface area contributed by atoms with Crippen LogP contribution in [0.15, 0.2) is 18.2 Å². The van der Waals surface area contributed by atoms with Crippen molar-refractivity contribution < 1.29 is 29.7 Å². The van der Waals surface area contributed by atoms with Crippen LogP contribution in [0.1, 0.15) is 22.8 Å². The molecule has 1 atom stereocenters. The number of hydrogen-bond acceptors (Lipinski definition) is 4. The Kier molecular flexibility index (Phi) is 4.46. The molecule has 0 spiro atoms. The van der Waals surface area contributed by atoms with Crippen LogP contribution in [0.3, 0.4) is 0 Å². The van der Waals surface area contributed by atoms with E-state index >= 15 is 0 Å². The van der Waals surface area contributed by atoms with Crippen molar-refractivity contribution in [1.82, 2.24) is 5.32 Å². The average molecular weight is 267 g/mol. The zero-order valence-corrected chi connectivity index (χ0v) is 10.1. The number of hydrogen-bond donors (Lipinski definition) is 4. The molecule has 1 rings (SSSR count). The molecule has 0 heterocycles. The SMILES string of the molecule is CC(=O)N[C@@H](Cc1ccc(O)c(C(=O)O)c1)C(=O)O. The fraction of sp³-hybridized carbons (Fsp3) is 0.250. The lowest BCUT2D eigenvalue weighted by Gasteiger charge is -2.13. The van der Waals surface area contributed by atoms with E-state index in [9.17, 15) is 19.5 Å². The van der Waals surface area contributed by atoms with E-state index < -0.39 is 29.6 Å². The van der Waals surface area contributed by atoms with Crippen molar-refractivity contribution in [2.24, 2.45) is 0 Å². The lowest BCUT2D eigenvalue weighted by molar-refractivity contribution is -0.141. The van der Waals surface area contributed by atoms with E-state index in [2.05, 4.69) is 5.32 Å². The van der Waals surface area contributed by atoms with Crippen molar-refractivity contribution in [3.8, 4) is 5.75 Å². The van der Waals surface area contributed by atoms with Crippen LogP contribution in [-0.4, -0.2) is 39.2 Å². The maximum absolute atomic E-state index is 10.9. The molecular weight excluding hydrogens is 254 g/mol. The molecule has 0 bridgehead atoms. The molecule has 19 heavy (non-hydrogen) atoms. The number of aromatic carboxylic acids is 1. The molecule has 1 aromatic carbocycles. The van der Waals surface area contributed by atoms with E-state index in [0.29, 0.717) is 5.56 Å². The number of aliphatic carboxylic acids is 1. The molecular formula is C12H13NO6. The van der Waals surface area contributed by atoms with Crippen molar-refractivity contribution in [2.45, 2.75) is 19.4 Å². The Balaban J connectivity index is 2.97. The quantitative estimate of drug-likeness (QED) is 0.605. The van der Waals surface area contributed by atoms with Crippen molar-refractivity contribution in [3.05, 3.63) is 29.3 Å². The second-order valence-electron chi connectivity index (χ2n) is 3.95. The van der Waals surface area contributed by atoms with Gasteiger partial charge < -0.3 is 20.6 Å². The van der Waals surface area contributed by atoms with Crippen molar-refractivity contribution in [1.29, 1.82) is 0 Å². The Hall–Kier alpha value is -2.57. The van der Waals surface area contributed by atoms with Gasteiger partial charge in [0.15, 0.2) is 0 Å². The van der Waals surface area contributed by atoms with Crippen molar-refractivity contribution in [2.75, 3.05) is 0 Å². The topological polar surface area (TPSA) is 124 Å². The van der Waals surface area contributed by atoms with Gasteiger partial charge in [-0.05, 0) is 17.7 Å². The van der Waals surface area contributed by atoms with Crippen LogP contribution in [-0.2, 0) is 16.0 Å². The van der Waals surface area contributed by atoms with Crippen LogP contribution in [0.25, 0.3) is 0 Å². The summed E-state index contributed by atoms with van der Waals surface area (Å²) in [5, 5.41) is 29.3. The molecule has 0 aliphatic rings. The molecule has 0 aromatic heterocycles. The molecule has 0 radical (unpaired) electrons. The van der Waals surface area contributed by atoms with E-state index in [1.54, 1.807) is 0 Å². The number of rotatable bonds is 5. The number of phenols is 1. The standard InChI is InChI=1S/C12H13NO6/c1-6(14)13-9(12(18)19)5-7-2-3-10(15)8(4-7)11(16)17/h2-4,9,15H,5H2,1H3,(H,13,14)(H,16,17)(H,18,19)/t9-/m0/s1. The smallest absolute Gasteiger partial charge is 0.339 e. The summed E-state index contributed by atoms with van der Waals surface area (Å²) in [7, 11) is 0. The van der Waals surface area contributed by atoms with Crippen LogP contribution in [0.4, 0.5) is 0 Å². The molecule has 1 aromatic rings. The summed E-state index contributed by atoms with van der Waals surface area (Å²) in [6, 6.07) is 2.60. The molecule has 0 fully saturated rings. The van der Waals surface area contributed by atoms with E-state index in [4.69, 9.17) is 10.2 Å². The third-order valence-corrected chi connectivity index (χ3v) is 2.41. The first kappa shape index (κ1) is 14.5. The molecule has 1 amide bonds. The number of amides is 1. The summed E-state index contributed by atoms with van der Waals surface area (Å²) in [5.74, 6) is -3.43. The minimum absolute atomic E-state index is 0.0739. The van der Waals surface area contributed by atoms with Gasteiger partial charge in [0.1, 0.15) is 17.4 Å². The lowest BCUT2D eigenvalue weighted by atomic mass is 10.0. The van der Waals surface area contributed by atoms with Crippen LogP contribution >= 0.6 is 0 Å². The number of aromatic hydroxyl groups is 1. The minimum atomic E-state index is -1.31. The number of carbonyl (C=O) groups excluding carboxylic acids is 1. The van der Waals surface area contributed by atoms with Gasteiger partial charge in [-0.3, -0.25) is 4.79 Å². The summed E-state index contributed by atoms with van der Waals surface area (Å²) in [6.45, 7) is 1.19. The summed E-state index contributed by atoms with van der Waals surface area (Å²) in [4.78, 5) is 32.6. The molecule has 102 valence electrons. The largest absolute Gasteiger partial charge is 0.507 e. The summed E-state index contributed by atoms with van der Waals surface area (Å²) < 4.78 is 0. The van der Waals surface area contributed by atoms with Crippen LogP contribution in [0.2, 0.25) is 0 Å². The van der Waals surface area contributed by atoms with Gasteiger partial charge in [-0.25, -0.2) is 9.59 Å². The lowest BCUT2D eigenvalue weighted by Crippen LogP contribution is -2.41. The van der Waals surface area contributed by atoms with Gasteiger partial charge in [-0.15, -0.1) is 0 Å². The average Bonchev–Trinajstić information content (AvgIpc) is 2.29. The van der Waals surface area contributed by atoms with E-state index in [0.717, 1.165) is 0 Å². The second kappa shape index (κ2) is 5.85. The van der Waals surface area contributed by atoms with Crippen LogP contribution < -0.4 is 5.32 Å². The van der Waals surface area contributed by atoms with Gasteiger partial charge in [0.25, 0.3) is 0 Å². The fourth-order valence-electron chi connectivity index (χ4n) is 1.56. The Morgan fingerprint density at radius 3 is 2.37 bits per heavy atom. The zero-order valence-electron chi connectivity index (χ0n) is 10.1. The van der Waals surface area contributed by atoms with Crippen molar-refractivity contribution in [3.63, 3.8) is 0 Å². The molecule has 0 aliphatic heterocycles. The van der Waals surface area contributed by atoms with E-state index in [-0.39, 0.29) is 12.0 Å². The van der Waals surface area contributed by atoms with Crippen LogP contribution in [0.5, 0.6) is 5.75 Å². The first-order chi connectivity index (χ1) is 8.81. The Labute approximate surface area is 108 Å². The highest BCUT2D eigenvalue weighted by Gasteiger charge is 2.20. The van der Waals surface area contributed by atoms with E-state index in [1.165, 1.54) is 25.1 Å². The molecule has 0 aliphatic carbocycles. The predicted octanol–water partition coefficient (Wildman–Crippen LogP) is 0.222. The van der Waals surface area contributed by atoms with Gasteiger partial charge in [-0.2, -0.15) is 0 Å². The number of carboxylic acid groups (broad SMARTS) is 2. The summed E-state index contributed by atoms with van der Waals surface area (Å²) in [6.07, 6.45) is -0.0739. The normalized spacial score (nSPS) is 11.6. The zero-order chi connectivity index (χ0) is 14.6. The Bertz CT molecular complexity index is 525. The third kappa shape index (κ3) is 3.98. The molecule has 4 N–H and O–H groups in total. The van der Waals surface area contributed by atoms with Gasteiger partial charge in [-0.1, -0.05) is 6.07 Å². The number of carbonyl (C=O) groups is 3. The monoisotopic (exact) mass is 267 g/mol. The number of nitrogens with one attached hydrogen (secondary N) is 1. The third-order valence-electron chi connectivity index (χ3n) is 2.41. The van der Waals surface area contributed by atoms with Gasteiger partial charge >= 0.3 is 11.9 Å². The number of benzene rings is 1. The molecule has 0 saturated heterocycles.